The zero-order valence-electron chi connectivity index (χ0n) is 10.6. The molecule has 0 saturated carbocycles. The largest absolute Gasteiger partial charge is 0.477 e. The Labute approximate surface area is 103 Å². The molecule has 0 aliphatic heterocycles. The second kappa shape index (κ2) is 7.87. The summed E-state index contributed by atoms with van der Waals surface area (Å²) in [5.74, 6) is -0.898. The van der Waals surface area contributed by atoms with Crippen LogP contribution in [0.4, 0.5) is 0 Å². The van der Waals surface area contributed by atoms with Crippen LogP contribution in [0.5, 0.6) is 0 Å². The van der Waals surface area contributed by atoms with Gasteiger partial charge in [-0.25, -0.2) is 4.79 Å². The van der Waals surface area contributed by atoms with E-state index in [1.165, 1.54) is 32.1 Å². The van der Waals surface area contributed by atoms with Gasteiger partial charge in [0.2, 0.25) is 0 Å². The average Bonchev–Trinajstić information content (AvgIpc) is 2.76. The van der Waals surface area contributed by atoms with Gasteiger partial charge < -0.3 is 5.11 Å². The second-order valence-electron chi connectivity index (χ2n) is 4.37. The van der Waals surface area contributed by atoms with Crippen LogP contribution in [0.1, 0.15) is 62.4 Å². The Bertz CT molecular complexity index is 334. The molecule has 0 saturated heterocycles. The van der Waals surface area contributed by atoms with Crippen molar-refractivity contribution in [3.8, 4) is 0 Å². The van der Waals surface area contributed by atoms with E-state index in [1.807, 2.05) is 0 Å². The number of nitrogens with zero attached hydrogens (tertiary/aromatic N) is 2. The van der Waals surface area contributed by atoms with Gasteiger partial charge in [-0.15, -0.1) is 0 Å². The number of rotatable bonds is 9. The topological polar surface area (TPSA) is 55.1 Å². The number of hydrogen-bond donors (Lipinski definition) is 1. The van der Waals surface area contributed by atoms with Crippen LogP contribution >= 0.6 is 0 Å². The van der Waals surface area contributed by atoms with Gasteiger partial charge in [-0.3, -0.25) is 4.68 Å². The van der Waals surface area contributed by atoms with Crippen molar-refractivity contribution in [3.63, 3.8) is 0 Å². The fourth-order valence-electron chi connectivity index (χ4n) is 1.91. The maximum absolute atomic E-state index is 10.8. The molecule has 0 aliphatic carbocycles. The van der Waals surface area contributed by atoms with Gasteiger partial charge in [0, 0.05) is 12.7 Å². The van der Waals surface area contributed by atoms with E-state index >= 15 is 0 Å². The highest BCUT2D eigenvalue weighted by atomic mass is 16.4. The molecular weight excluding hydrogens is 216 g/mol. The zero-order valence-corrected chi connectivity index (χ0v) is 10.6. The van der Waals surface area contributed by atoms with E-state index < -0.39 is 5.97 Å². The van der Waals surface area contributed by atoms with E-state index in [2.05, 4.69) is 12.0 Å². The minimum atomic E-state index is -0.898. The maximum atomic E-state index is 10.8. The molecule has 1 heterocycles. The molecule has 0 fully saturated rings. The zero-order chi connectivity index (χ0) is 12.5. The van der Waals surface area contributed by atoms with Gasteiger partial charge >= 0.3 is 5.97 Å². The van der Waals surface area contributed by atoms with Gasteiger partial charge in [0.05, 0.1) is 0 Å². The number of carboxylic acid groups (broad SMARTS) is 1. The third kappa shape index (κ3) is 5.02. The van der Waals surface area contributed by atoms with Gasteiger partial charge in [-0.2, -0.15) is 5.10 Å². The van der Waals surface area contributed by atoms with Crippen molar-refractivity contribution in [2.45, 2.75) is 58.4 Å². The lowest BCUT2D eigenvalue weighted by Crippen LogP contribution is -2.09. The van der Waals surface area contributed by atoms with Crippen molar-refractivity contribution in [1.29, 1.82) is 0 Å². The third-order valence-corrected chi connectivity index (χ3v) is 2.91. The minimum absolute atomic E-state index is 0.288. The summed E-state index contributed by atoms with van der Waals surface area (Å²) >= 11 is 0. The summed E-state index contributed by atoms with van der Waals surface area (Å²) in [6.07, 6.45) is 10.2. The van der Waals surface area contributed by atoms with Gasteiger partial charge in [0.15, 0.2) is 0 Å². The monoisotopic (exact) mass is 238 g/mol. The van der Waals surface area contributed by atoms with Crippen molar-refractivity contribution < 1.29 is 9.90 Å². The second-order valence-corrected chi connectivity index (χ2v) is 4.37. The molecule has 0 spiro atoms. The number of hydrogen-bond acceptors (Lipinski definition) is 2. The lowest BCUT2D eigenvalue weighted by Gasteiger charge is -2.04. The fraction of sp³-hybridized carbons (Fsp3) is 0.692. The molecule has 0 aromatic carbocycles. The molecule has 0 bridgehead atoms. The van der Waals surface area contributed by atoms with Crippen LogP contribution in [-0.2, 0) is 6.54 Å². The van der Waals surface area contributed by atoms with Crippen LogP contribution < -0.4 is 0 Å². The Morgan fingerprint density at radius 3 is 2.53 bits per heavy atom. The van der Waals surface area contributed by atoms with Crippen molar-refractivity contribution in [2.75, 3.05) is 0 Å². The molecule has 17 heavy (non-hydrogen) atoms. The molecule has 0 radical (unpaired) electrons. The molecule has 1 N–H and O–H groups in total. The summed E-state index contributed by atoms with van der Waals surface area (Å²) in [4.78, 5) is 10.8. The Hall–Kier alpha value is -1.32. The first-order chi connectivity index (χ1) is 8.25. The Kier molecular flexibility index (Phi) is 6.37. The van der Waals surface area contributed by atoms with Gasteiger partial charge in [0.25, 0.3) is 0 Å². The maximum Gasteiger partial charge on any atom is 0.354 e. The van der Waals surface area contributed by atoms with Gasteiger partial charge in [0.1, 0.15) is 5.69 Å². The first-order valence-electron chi connectivity index (χ1n) is 6.50. The smallest absolute Gasteiger partial charge is 0.354 e. The van der Waals surface area contributed by atoms with Crippen LogP contribution in [0.15, 0.2) is 12.3 Å². The van der Waals surface area contributed by atoms with Crippen LogP contribution in [0.3, 0.4) is 0 Å². The van der Waals surface area contributed by atoms with E-state index in [0.29, 0.717) is 6.54 Å². The van der Waals surface area contributed by atoms with Crippen molar-refractivity contribution in [3.05, 3.63) is 18.0 Å². The van der Waals surface area contributed by atoms with Crippen molar-refractivity contribution in [2.24, 2.45) is 0 Å². The van der Waals surface area contributed by atoms with Crippen LogP contribution in [-0.4, -0.2) is 20.9 Å². The molecule has 0 amide bonds. The van der Waals surface area contributed by atoms with Crippen molar-refractivity contribution >= 4 is 5.97 Å². The highest BCUT2D eigenvalue weighted by Gasteiger charge is 2.08. The van der Waals surface area contributed by atoms with Crippen LogP contribution in [0, 0.1) is 0 Å². The lowest BCUT2D eigenvalue weighted by atomic mass is 10.1. The summed E-state index contributed by atoms with van der Waals surface area (Å²) < 4.78 is 1.58. The quantitative estimate of drug-likeness (QED) is 0.671. The molecular formula is C13H22N2O2. The van der Waals surface area contributed by atoms with Gasteiger partial charge in [-0.1, -0.05) is 45.4 Å². The summed E-state index contributed by atoms with van der Waals surface area (Å²) in [5.41, 5.74) is 0.288. The standard InChI is InChI=1S/C13H22N2O2/c1-2-3-4-5-6-7-8-11-15-12(13(16)17)9-10-14-15/h9-10H,2-8,11H2,1H3,(H,16,17). The SMILES string of the molecule is CCCCCCCCCn1nccc1C(=O)O. The van der Waals surface area contributed by atoms with E-state index in [4.69, 9.17) is 5.11 Å². The predicted molar refractivity (Wildman–Crippen MR) is 67.2 cm³/mol. The molecule has 4 heteroatoms. The normalized spacial score (nSPS) is 10.6. The first kappa shape index (κ1) is 13.7. The van der Waals surface area contributed by atoms with Crippen LogP contribution in [0.25, 0.3) is 0 Å². The summed E-state index contributed by atoms with van der Waals surface area (Å²) in [7, 11) is 0. The Balaban J connectivity index is 2.14. The highest BCUT2D eigenvalue weighted by Crippen LogP contribution is 2.08. The number of carboxylic acids is 1. The third-order valence-electron chi connectivity index (χ3n) is 2.91. The molecule has 0 unspecified atom stereocenters. The number of aromatic carboxylic acids is 1. The number of carbonyl (C=O) groups is 1. The molecule has 0 atom stereocenters. The van der Waals surface area contributed by atoms with E-state index in [0.717, 1.165) is 12.8 Å². The molecule has 1 rings (SSSR count). The van der Waals surface area contributed by atoms with E-state index in [-0.39, 0.29) is 5.69 Å². The van der Waals surface area contributed by atoms with Crippen LogP contribution in [0.2, 0.25) is 0 Å². The molecule has 4 nitrogen and oxygen atoms in total. The average molecular weight is 238 g/mol. The molecule has 1 aromatic heterocycles. The number of unbranched alkanes of at least 4 members (excludes halogenated alkanes) is 6. The molecule has 0 aliphatic rings. The Morgan fingerprint density at radius 2 is 1.88 bits per heavy atom. The van der Waals surface area contributed by atoms with Gasteiger partial charge in [-0.05, 0) is 12.5 Å². The van der Waals surface area contributed by atoms with E-state index in [9.17, 15) is 4.79 Å². The Morgan fingerprint density at radius 1 is 1.24 bits per heavy atom. The first-order valence-corrected chi connectivity index (χ1v) is 6.50. The summed E-state index contributed by atoms with van der Waals surface area (Å²) in [5, 5.41) is 12.9. The lowest BCUT2D eigenvalue weighted by molar-refractivity contribution is 0.0683. The summed E-state index contributed by atoms with van der Waals surface area (Å²) in [6, 6.07) is 1.55. The fourth-order valence-corrected chi connectivity index (χ4v) is 1.91. The minimum Gasteiger partial charge on any atom is -0.477 e. The number of aromatic nitrogens is 2. The number of aryl methyl sites for hydroxylation is 1. The molecule has 1 aromatic rings. The van der Waals surface area contributed by atoms with E-state index in [1.54, 1.807) is 16.9 Å². The predicted octanol–water partition coefficient (Wildman–Crippen LogP) is 3.33. The highest BCUT2D eigenvalue weighted by molar-refractivity contribution is 5.85. The van der Waals surface area contributed by atoms with Crippen molar-refractivity contribution in [1.82, 2.24) is 9.78 Å². The molecule has 96 valence electrons. The summed E-state index contributed by atoms with van der Waals surface area (Å²) in [6.45, 7) is 2.92.